The van der Waals surface area contributed by atoms with E-state index in [2.05, 4.69) is 82.5 Å². The third-order valence-corrected chi connectivity index (χ3v) is 7.40. The molecule has 3 atom stereocenters. The molecule has 0 N–H and O–H groups in total. The molecule has 0 spiro atoms. The first-order chi connectivity index (χ1) is 16.7. The molecular weight excluding hydrogens is 422 g/mol. The van der Waals surface area contributed by atoms with Gasteiger partial charge in [-0.1, -0.05) is 36.4 Å². The van der Waals surface area contributed by atoms with Crippen molar-refractivity contribution in [1.82, 2.24) is 24.5 Å². The van der Waals surface area contributed by atoms with Crippen molar-refractivity contribution in [3.63, 3.8) is 0 Å². The molecule has 2 aliphatic rings. The van der Waals surface area contributed by atoms with Crippen molar-refractivity contribution in [1.29, 1.82) is 0 Å². The van der Waals surface area contributed by atoms with E-state index in [1.54, 1.807) is 0 Å². The number of rotatable bonds is 6. The Morgan fingerprint density at radius 1 is 1.03 bits per heavy atom. The van der Waals surface area contributed by atoms with Gasteiger partial charge in [-0.2, -0.15) is 10.2 Å². The maximum atomic E-state index is 5.88. The van der Waals surface area contributed by atoms with Crippen molar-refractivity contribution in [3.05, 3.63) is 72.7 Å². The molecular formula is C28H33N5O. The lowest BCUT2D eigenvalue weighted by Crippen LogP contribution is -2.26. The van der Waals surface area contributed by atoms with Crippen LogP contribution >= 0.6 is 0 Å². The summed E-state index contributed by atoms with van der Waals surface area (Å²) in [4.78, 5) is 2.61. The number of likely N-dealkylation sites (tertiary alicyclic amines) is 1. The van der Waals surface area contributed by atoms with Crippen molar-refractivity contribution in [2.45, 2.75) is 58.0 Å². The average Bonchev–Trinajstić information content (AvgIpc) is 3.59. The molecule has 4 heterocycles. The Morgan fingerprint density at radius 2 is 1.94 bits per heavy atom. The molecule has 6 heteroatoms. The van der Waals surface area contributed by atoms with Crippen molar-refractivity contribution in [2.75, 3.05) is 13.2 Å². The molecule has 2 aromatic carbocycles. The highest BCUT2D eigenvalue weighted by Crippen LogP contribution is 2.29. The summed E-state index contributed by atoms with van der Waals surface area (Å²) in [5.41, 5.74) is 4.76. The number of nitrogens with zero attached hydrogens (tertiary/aromatic N) is 5. The molecule has 0 bridgehead atoms. The number of hydrogen-bond acceptors (Lipinski definition) is 4. The Kier molecular flexibility index (Phi) is 5.93. The first-order valence-electron chi connectivity index (χ1n) is 12.6. The summed E-state index contributed by atoms with van der Waals surface area (Å²) < 4.78 is 10.0. The van der Waals surface area contributed by atoms with Crippen LogP contribution in [-0.2, 0) is 17.8 Å². The zero-order valence-electron chi connectivity index (χ0n) is 19.9. The molecule has 2 aliphatic heterocycles. The molecule has 6 rings (SSSR count). The molecule has 0 amide bonds. The van der Waals surface area contributed by atoms with Crippen LogP contribution in [0.5, 0.6) is 0 Å². The van der Waals surface area contributed by atoms with Crippen LogP contribution in [0, 0.1) is 5.92 Å². The summed E-state index contributed by atoms with van der Waals surface area (Å²) in [5, 5.41) is 10.6. The van der Waals surface area contributed by atoms with Gasteiger partial charge in [0.05, 0.1) is 11.7 Å². The minimum atomic E-state index is 0.0734. The van der Waals surface area contributed by atoms with Gasteiger partial charge in [0.2, 0.25) is 0 Å². The lowest BCUT2D eigenvalue weighted by molar-refractivity contribution is -0.0394. The van der Waals surface area contributed by atoms with Gasteiger partial charge in [0, 0.05) is 55.6 Å². The highest BCUT2D eigenvalue weighted by molar-refractivity contribution is 5.83. The molecule has 0 aliphatic carbocycles. The quantitative estimate of drug-likeness (QED) is 0.385. The van der Waals surface area contributed by atoms with E-state index in [9.17, 15) is 0 Å². The number of fused-ring (bicyclic) bond motifs is 1. The lowest BCUT2D eigenvalue weighted by Gasteiger charge is -2.22. The number of hydrogen-bond donors (Lipinski definition) is 0. The largest absolute Gasteiger partial charge is 0.357 e. The average molecular weight is 456 g/mol. The summed E-state index contributed by atoms with van der Waals surface area (Å²) >= 11 is 0. The molecule has 6 nitrogen and oxygen atoms in total. The summed E-state index contributed by atoms with van der Waals surface area (Å²) in [6, 6.07) is 17.9. The normalized spacial score (nSPS) is 23.6. The molecule has 2 saturated heterocycles. The van der Waals surface area contributed by atoms with Gasteiger partial charge in [-0.3, -0.25) is 9.58 Å². The second-order valence-corrected chi connectivity index (χ2v) is 10.0. The number of ether oxygens (including phenoxy) is 1. The van der Waals surface area contributed by atoms with E-state index in [4.69, 9.17) is 9.84 Å². The molecule has 0 radical (unpaired) electrons. The maximum absolute atomic E-state index is 5.88. The van der Waals surface area contributed by atoms with Gasteiger partial charge in [-0.05, 0) is 61.8 Å². The third-order valence-electron chi connectivity index (χ3n) is 7.40. The van der Waals surface area contributed by atoms with E-state index < -0.39 is 0 Å². The lowest BCUT2D eigenvalue weighted by atomic mass is 10.1. The highest BCUT2D eigenvalue weighted by Gasteiger charge is 2.29. The molecule has 34 heavy (non-hydrogen) atoms. The van der Waals surface area contributed by atoms with Crippen molar-refractivity contribution < 1.29 is 4.74 Å². The van der Waals surface area contributed by atoms with E-state index in [0.29, 0.717) is 12.0 Å². The second-order valence-electron chi connectivity index (χ2n) is 10.0. The van der Waals surface area contributed by atoms with Crippen LogP contribution in [0.1, 0.15) is 44.4 Å². The van der Waals surface area contributed by atoms with Crippen molar-refractivity contribution in [2.24, 2.45) is 5.92 Å². The van der Waals surface area contributed by atoms with Gasteiger partial charge in [0.1, 0.15) is 6.23 Å². The van der Waals surface area contributed by atoms with Crippen LogP contribution in [0.4, 0.5) is 0 Å². The first kappa shape index (κ1) is 21.6. The smallest absolute Gasteiger partial charge is 0.150 e. The van der Waals surface area contributed by atoms with Crippen LogP contribution in [0.15, 0.2) is 67.1 Å². The Labute approximate surface area is 201 Å². The molecule has 176 valence electrons. The molecule has 1 unspecified atom stereocenters. The monoisotopic (exact) mass is 455 g/mol. The Bertz CT molecular complexity index is 1240. The van der Waals surface area contributed by atoms with Crippen molar-refractivity contribution in [3.8, 4) is 11.1 Å². The van der Waals surface area contributed by atoms with Gasteiger partial charge in [0.15, 0.2) is 0 Å². The fourth-order valence-corrected chi connectivity index (χ4v) is 5.58. The topological polar surface area (TPSA) is 48.1 Å². The van der Waals surface area contributed by atoms with E-state index in [-0.39, 0.29) is 6.23 Å². The SMILES string of the molecule is C[C@@H]1C[C@H](Cn2cc3cc(-c4cnn(C5CCCCO5)c4)ccc3n2)CN1Cc1ccccc1. The predicted octanol–water partition coefficient (Wildman–Crippen LogP) is 5.51. The van der Waals surface area contributed by atoms with Crippen molar-refractivity contribution >= 4 is 10.9 Å². The minimum Gasteiger partial charge on any atom is -0.357 e. The summed E-state index contributed by atoms with van der Waals surface area (Å²) in [5.74, 6) is 0.626. The van der Waals surface area contributed by atoms with Crippen LogP contribution in [0.3, 0.4) is 0 Å². The third kappa shape index (κ3) is 4.52. The van der Waals surface area contributed by atoms with Gasteiger partial charge in [-0.25, -0.2) is 4.68 Å². The fourth-order valence-electron chi connectivity index (χ4n) is 5.58. The summed E-state index contributed by atoms with van der Waals surface area (Å²) in [6.45, 7) is 6.31. The molecule has 2 aromatic heterocycles. The van der Waals surface area contributed by atoms with Gasteiger partial charge in [0.25, 0.3) is 0 Å². The zero-order chi connectivity index (χ0) is 22.9. The zero-order valence-corrected chi connectivity index (χ0v) is 19.9. The van der Waals surface area contributed by atoms with E-state index in [1.807, 2.05) is 10.9 Å². The summed E-state index contributed by atoms with van der Waals surface area (Å²) in [7, 11) is 0. The number of aromatic nitrogens is 4. The van der Waals surface area contributed by atoms with Crippen LogP contribution in [-0.4, -0.2) is 43.7 Å². The van der Waals surface area contributed by atoms with E-state index in [1.165, 1.54) is 29.4 Å². The van der Waals surface area contributed by atoms with Gasteiger partial charge >= 0.3 is 0 Å². The predicted molar refractivity (Wildman–Crippen MR) is 134 cm³/mol. The fraction of sp³-hybridized carbons (Fsp3) is 0.429. The van der Waals surface area contributed by atoms with E-state index >= 15 is 0 Å². The van der Waals surface area contributed by atoms with Crippen LogP contribution < -0.4 is 0 Å². The standard InChI is InChI=1S/C28H33N5O/c1-21-13-23(17-31(21)16-22-7-3-2-4-8-22)18-32-19-25-14-24(10-11-27(25)30-32)26-15-29-33(20-26)28-9-5-6-12-34-28/h2-4,7-8,10-11,14-15,19-21,23,28H,5-6,9,12-13,16-18H2,1H3/t21-,23+,28?/m1/s1. The Morgan fingerprint density at radius 3 is 2.79 bits per heavy atom. The molecule has 0 saturated carbocycles. The molecule has 2 fully saturated rings. The Balaban J connectivity index is 1.14. The van der Waals surface area contributed by atoms with Crippen LogP contribution in [0.2, 0.25) is 0 Å². The number of benzene rings is 2. The van der Waals surface area contributed by atoms with Gasteiger partial charge in [-0.15, -0.1) is 0 Å². The van der Waals surface area contributed by atoms with Crippen LogP contribution in [0.25, 0.3) is 22.0 Å². The maximum Gasteiger partial charge on any atom is 0.150 e. The highest BCUT2D eigenvalue weighted by atomic mass is 16.5. The van der Waals surface area contributed by atoms with E-state index in [0.717, 1.165) is 50.2 Å². The first-order valence-corrected chi connectivity index (χ1v) is 12.6. The minimum absolute atomic E-state index is 0.0734. The molecule has 4 aromatic rings. The van der Waals surface area contributed by atoms with Gasteiger partial charge < -0.3 is 4.74 Å². The summed E-state index contributed by atoms with van der Waals surface area (Å²) in [6.07, 6.45) is 11.0. The second kappa shape index (κ2) is 9.35. The Hall–Kier alpha value is -2.96.